The topological polar surface area (TPSA) is 225 Å². The van der Waals surface area contributed by atoms with Crippen LogP contribution in [-0.2, 0) is 135 Å². The van der Waals surface area contributed by atoms with Gasteiger partial charge in [-0.3, -0.25) is 14.4 Å². The molecule has 12 rings (SSSR count). The van der Waals surface area contributed by atoms with Crippen molar-refractivity contribution in [3.63, 3.8) is 0 Å². The molecule has 3 heterocycles. The van der Waals surface area contributed by atoms with E-state index in [1.165, 1.54) is 6.92 Å². The minimum atomic E-state index is -1.56. The third kappa shape index (κ3) is 23.0. The van der Waals surface area contributed by atoms with Crippen molar-refractivity contribution in [3.05, 3.63) is 288 Å². The summed E-state index contributed by atoms with van der Waals surface area (Å²) in [4.78, 5) is 57.2. The Labute approximate surface area is 662 Å². The van der Waals surface area contributed by atoms with Crippen LogP contribution in [0.1, 0.15) is 112 Å². The zero-order valence-corrected chi connectivity index (χ0v) is 65.2. The van der Waals surface area contributed by atoms with Crippen molar-refractivity contribution < 1.29 is 99.7 Å². The van der Waals surface area contributed by atoms with Gasteiger partial charge in [-0.2, -0.15) is 0 Å². The van der Waals surface area contributed by atoms with Crippen LogP contribution in [0.2, 0.25) is 0 Å². The Morgan fingerprint density at radius 1 is 0.345 bits per heavy atom. The molecule has 0 N–H and O–H groups in total. The van der Waals surface area contributed by atoms with Gasteiger partial charge in [0.25, 0.3) is 0 Å². The summed E-state index contributed by atoms with van der Waals surface area (Å²) in [5.74, 6) is -2.13. The zero-order chi connectivity index (χ0) is 79.1. The van der Waals surface area contributed by atoms with Crippen LogP contribution in [0, 0.1) is 10.8 Å². The fourth-order valence-electron chi connectivity index (χ4n) is 14.0. The average molecular weight is 1550 g/mol. The fraction of sp³-hybridized carbons (Fsp3) is 0.413. The van der Waals surface area contributed by atoms with E-state index in [-0.39, 0.29) is 65.4 Å². The van der Waals surface area contributed by atoms with Crippen molar-refractivity contribution in [3.8, 4) is 11.1 Å². The van der Waals surface area contributed by atoms with Crippen molar-refractivity contribution in [1.29, 1.82) is 0 Å². The predicted molar refractivity (Wildman–Crippen MR) is 419 cm³/mol. The number of unbranched alkanes of at least 4 members (excludes halogenated alkanes) is 1. The molecule has 0 aromatic heterocycles. The number of fused-ring (bicyclic) bond motifs is 3. The van der Waals surface area contributed by atoms with Gasteiger partial charge in [0.2, 0.25) is 0 Å². The van der Waals surface area contributed by atoms with Gasteiger partial charge < -0.3 is 80.5 Å². The average Bonchev–Trinajstić information content (AvgIpc) is 1.65. The van der Waals surface area contributed by atoms with Gasteiger partial charge in [0, 0.05) is 12.8 Å². The van der Waals surface area contributed by atoms with E-state index in [9.17, 15) is 19.2 Å². The molecular weight excluding hydrogens is 1440 g/mol. The molecule has 21 nitrogen and oxygen atoms in total. The number of carbonyl (C=O) groups is 4. The molecule has 21 heteroatoms. The molecule has 0 amide bonds. The highest BCUT2D eigenvalue weighted by atomic mass is 16.8. The lowest BCUT2D eigenvalue weighted by Crippen LogP contribution is -2.65. The lowest BCUT2D eigenvalue weighted by molar-refractivity contribution is -0.356. The molecule has 3 saturated heterocycles. The van der Waals surface area contributed by atoms with Gasteiger partial charge in [0.05, 0.1) is 70.3 Å². The summed E-state index contributed by atoms with van der Waals surface area (Å²) in [5, 5.41) is 0. The molecule has 3 fully saturated rings. The second-order valence-electron chi connectivity index (χ2n) is 30.6. The second kappa shape index (κ2) is 40.6. The SMILES string of the molecule is C=CCCCO[C@@H]1O[C@H](CO[C@H]2O[C@H](CO[C@@H]3O[C@H](COC(=O)OCC4c5ccccc5-c5ccccc54)[C@@H](OCc4ccccc4)[C@H](OCc4ccccc4)[C@H]3OC(=O)C(C)(C)C)[C@@H](OCc3ccccc3)[C@H](OCc3ccccc3)[C@@H]2OC(C)=O)[C@@H](OCc2ccccc2)[C@H](OCc2ccccc2)[C@H]1OC(=O)C(C)(C)C. The monoisotopic (exact) mass is 1540 g/mol. The van der Waals surface area contributed by atoms with Crippen molar-refractivity contribution in [2.24, 2.45) is 10.8 Å². The number of hydrogen-bond donors (Lipinski definition) is 0. The maximum absolute atomic E-state index is 14.8. The number of hydrogen-bond acceptors (Lipinski definition) is 21. The van der Waals surface area contributed by atoms with E-state index in [4.69, 9.17) is 80.5 Å². The van der Waals surface area contributed by atoms with E-state index in [2.05, 4.69) is 18.7 Å². The molecule has 15 atom stereocenters. The fourth-order valence-corrected chi connectivity index (χ4v) is 14.0. The van der Waals surface area contributed by atoms with Gasteiger partial charge in [0.15, 0.2) is 37.2 Å². The molecule has 598 valence electrons. The molecule has 3 aliphatic heterocycles. The Bertz CT molecular complexity index is 4210. The molecule has 0 saturated carbocycles. The van der Waals surface area contributed by atoms with Crippen LogP contribution in [0.4, 0.5) is 4.79 Å². The maximum Gasteiger partial charge on any atom is 0.508 e. The first-order valence-corrected chi connectivity index (χ1v) is 38.8. The third-order valence-electron chi connectivity index (χ3n) is 19.9. The van der Waals surface area contributed by atoms with Gasteiger partial charge in [-0.15, -0.1) is 6.58 Å². The predicted octanol–water partition coefficient (Wildman–Crippen LogP) is 15.5. The smallest absolute Gasteiger partial charge is 0.454 e. The summed E-state index contributed by atoms with van der Waals surface area (Å²) < 4.78 is 116. The van der Waals surface area contributed by atoms with Crippen LogP contribution >= 0.6 is 0 Å². The van der Waals surface area contributed by atoms with Crippen molar-refractivity contribution in [2.75, 3.05) is 33.0 Å². The summed E-state index contributed by atoms with van der Waals surface area (Å²) in [6.07, 6.45) is -16.8. The number of rotatable bonds is 36. The summed E-state index contributed by atoms with van der Waals surface area (Å²) in [5.41, 5.74) is 6.90. The van der Waals surface area contributed by atoms with Crippen LogP contribution in [0.3, 0.4) is 0 Å². The molecule has 8 aromatic rings. The first-order chi connectivity index (χ1) is 54.8. The maximum atomic E-state index is 14.8. The first kappa shape index (κ1) is 83.1. The normalized spacial score (nSPS) is 24.3. The van der Waals surface area contributed by atoms with Crippen LogP contribution < -0.4 is 0 Å². The molecule has 8 aromatic carbocycles. The number of carbonyl (C=O) groups excluding carboxylic acids is 4. The number of esters is 3. The minimum Gasteiger partial charge on any atom is -0.454 e. The Morgan fingerprint density at radius 3 is 0.965 bits per heavy atom. The van der Waals surface area contributed by atoms with Crippen LogP contribution in [-0.4, -0.2) is 149 Å². The van der Waals surface area contributed by atoms with Crippen molar-refractivity contribution in [2.45, 2.75) is 199 Å². The molecule has 0 unspecified atom stereocenters. The van der Waals surface area contributed by atoms with E-state index >= 15 is 0 Å². The van der Waals surface area contributed by atoms with E-state index in [0.717, 1.165) is 55.6 Å². The Kier molecular flexibility index (Phi) is 29.9. The minimum absolute atomic E-state index is 0.00125. The van der Waals surface area contributed by atoms with Crippen molar-refractivity contribution >= 4 is 24.1 Å². The molecule has 113 heavy (non-hydrogen) atoms. The lowest BCUT2D eigenvalue weighted by atomic mass is 9.95. The zero-order valence-electron chi connectivity index (χ0n) is 65.2. The summed E-state index contributed by atoms with van der Waals surface area (Å²) in [6, 6.07) is 73.2. The summed E-state index contributed by atoms with van der Waals surface area (Å²) in [6.45, 7) is 14.7. The van der Waals surface area contributed by atoms with Gasteiger partial charge in [0.1, 0.15) is 68.1 Å². The quantitative estimate of drug-likeness (QED) is 0.0154. The summed E-state index contributed by atoms with van der Waals surface area (Å²) in [7, 11) is 0. The van der Waals surface area contributed by atoms with Gasteiger partial charge >= 0.3 is 24.1 Å². The second-order valence-corrected chi connectivity index (χ2v) is 30.6. The van der Waals surface area contributed by atoms with E-state index in [1.54, 1.807) is 47.6 Å². The molecule has 0 spiro atoms. The van der Waals surface area contributed by atoms with Crippen LogP contribution in [0.25, 0.3) is 11.1 Å². The van der Waals surface area contributed by atoms with E-state index in [1.807, 2.05) is 218 Å². The van der Waals surface area contributed by atoms with Gasteiger partial charge in [-0.1, -0.05) is 237 Å². The molecule has 0 bridgehead atoms. The molecule has 4 aliphatic rings. The standard InChI is InChI=1S/C92H104O21/c1-9-10-33-50-97-85-83(112-88(94)91(3,4)5)80(102-55-66-42-25-15-26-43-66)77(99-52-63-36-19-12-20-37-63)73(109-85)58-104-86-82(108-61(2)93)79(101-54-65-40-23-14-24-41-65)76(98-51-62-34-17-11-18-35-62)74(110-86)59-105-87-84(113-89(95)92(6,7)8)81(103-56-67-44-27-16-28-45-67)78(100-53-64-38-21-13-22-39-64)75(111-87)60-107-90(96)106-57-72-70-48-31-29-46-68(70)69-47-30-32-49-71(69)72/h9,11-32,34-49,72-87H,1,10,33,50-60H2,2-8H3/t73-,74-,75-,76-,77-,78-,79+,80+,81+,82+,83-,84-,85-,86+,87-/m1/s1. The van der Waals surface area contributed by atoms with Gasteiger partial charge in [-0.05, 0) is 110 Å². The first-order valence-electron chi connectivity index (χ1n) is 38.8. The lowest BCUT2D eigenvalue weighted by Gasteiger charge is -2.48. The highest BCUT2D eigenvalue weighted by molar-refractivity contribution is 5.79. The van der Waals surface area contributed by atoms with E-state index < -0.39 is 140 Å². The Morgan fingerprint density at radius 2 is 0.637 bits per heavy atom. The van der Waals surface area contributed by atoms with Crippen LogP contribution in [0.15, 0.2) is 243 Å². The largest absolute Gasteiger partial charge is 0.508 e. The number of benzene rings is 8. The number of ether oxygens (including phenoxy) is 17. The Hall–Kier alpha value is -9.30. The highest BCUT2D eigenvalue weighted by Gasteiger charge is 2.56. The van der Waals surface area contributed by atoms with Crippen molar-refractivity contribution in [1.82, 2.24) is 0 Å². The Balaban J connectivity index is 0.920. The number of allylic oxidation sites excluding steroid dienone is 1. The van der Waals surface area contributed by atoms with E-state index in [0.29, 0.717) is 12.8 Å². The van der Waals surface area contributed by atoms with Crippen LogP contribution in [0.5, 0.6) is 0 Å². The molecular formula is C92H104O21. The molecule has 1 aliphatic carbocycles. The molecule has 0 radical (unpaired) electrons. The highest BCUT2D eigenvalue weighted by Crippen LogP contribution is 2.45. The van der Waals surface area contributed by atoms with Gasteiger partial charge in [-0.25, -0.2) is 4.79 Å². The third-order valence-corrected chi connectivity index (χ3v) is 19.9. The summed E-state index contributed by atoms with van der Waals surface area (Å²) >= 11 is 0.